The molecule has 0 amide bonds. The first-order valence-electron chi connectivity index (χ1n) is 5.74. The van der Waals surface area contributed by atoms with Crippen molar-refractivity contribution in [3.63, 3.8) is 0 Å². The Labute approximate surface area is 106 Å². The maximum absolute atomic E-state index is 12.0. The fourth-order valence-corrected chi connectivity index (χ4v) is 1.78. The SMILES string of the molecule is Nc1cccc(CCC(=O)c2cnccc2N)c1. The number of aromatic nitrogens is 1. The first-order chi connectivity index (χ1) is 8.66. The van der Waals surface area contributed by atoms with E-state index in [4.69, 9.17) is 11.5 Å². The largest absolute Gasteiger partial charge is 0.399 e. The molecule has 4 heteroatoms. The minimum absolute atomic E-state index is 0.00280. The Morgan fingerprint density at radius 1 is 1.22 bits per heavy atom. The summed E-state index contributed by atoms with van der Waals surface area (Å²) in [6.07, 6.45) is 4.14. The number of Topliss-reactive ketones (excluding diaryl/α,β-unsaturated/α-hetero) is 1. The van der Waals surface area contributed by atoms with E-state index in [1.807, 2.05) is 24.3 Å². The molecular formula is C14H15N3O. The van der Waals surface area contributed by atoms with Gasteiger partial charge in [0.2, 0.25) is 0 Å². The van der Waals surface area contributed by atoms with E-state index in [0.717, 1.165) is 5.56 Å². The van der Waals surface area contributed by atoms with Gasteiger partial charge in [0.1, 0.15) is 0 Å². The van der Waals surface area contributed by atoms with E-state index in [9.17, 15) is 4.79 Å². The summed E-state index contributed by atoms with van der Waals surface area (Å²) in [5.41, 5.74) is 14.1. The predicted octanol–water partition coefficient (Wildman–Crippen LogP) is 2.06. The Bertz CT molecular complexity index is 566. The number of pyridine rings is 1. The summed E-state index contributed by atoms with van der Waals surface area (Å²) in [5.74, 6) is 0.00280. The van der Waals surface area contributed by atoms with Gasteiger partial charge in [0.25, 0.3) is 0 Å². The second kappa shape index (κ2) is 5.31. The Morgan fingerprint density at radius 2 is 2.06 bits per heavy atom. The average Bonchev–Trinajstić information content (AvgIpc) is 2.37. The number of aryl methyl sites for hydroxylation is 1. The summed E-state index contributed by atoms with van der Waals surface area (Å²) in [5, 5.41) is 0. The molecule has 0 atom stereocenters. The van der Waals surface area contributed by atoms with Gasteiger partial charge in [0.15, 0.2) is 5.78 Å². The molecule has 2 rings (SSSR count). The van der Waals surface area contributed by atoms with Crippen molar-refractivity contribution in [3.8, 4) is 0 Å². The lowest BCUT2D eigenvalue weighted by atomic mass is 10.0. The van der Waals surface area contributed by atoms with Crippen LogP contribution in [0.5, 0.6) is 0 Å². The van der Waals surface area contributed by atoms with Crippen LogP contribution in [0.3, 0.4) is 0 Å². The zero-order valence-corrected chi connectivity index (χ0v) is 9.97. The molecule has 1 aromatic heterocycles. The molecule has 0 bridgehead atoms. The van der Waals surface area contributed by atoms with E-state index in [0.29, 0.717) is 29.8 Å². The highest BCUT2D eigenvalue weighted by Crippen LogP contribution is 2.14. The standard InChI is InChI=1S/C14H15N3O/c15-11-3-1-2-10(8-11)4-5-14(18)12-9-17-7-6-13(12)16/h1-3,6-9H,4-5,15H2,(H2,16,17). The molecule has 0 aliphatic heterocycles. The number of nitrogens with zero attached hydrogens (tertiary/aromatic N) is 1. The van der Waals surface area contributed by atoms with Crippen molar-refractivity contribution in [2.75, 3.05) is 11.5 Å². The Balaban J connectivity index is 2.03. The van der Waals surface area contributed by atoms with Crippen LogP contribution in [0, 0.1) is 0 Å². The van der Waals surface area contributed by atoms with E-state index in [2.05, 4.69) is 4.98 Å². The normalized spacial score (nSPS) is 10.2. The highest BCUT2D eigenvalue weighted by molar-refractivity contribution is 6.00. The molecule has 0 radical (unpaired) electrons. The van der Waals surface area contributed by atoms with Gasteiger partial charge in [-0.05, 0) is 30.2 Å². The molecule has 92 valence electrons. The van der Waals surface area contributed by atoms with Crippen LogP contribution in [0.15, 0.2) is 42.7 Å². The number of anilines is 2. The van der Waals surface area contributed by atoms with Crippen LogP contribution < -0.4 is 11.5 Å². The lowest BCUT2D eigenvalue weighted by molar-refractivity contribution is 0.0983. The third kappa shape index (κ3) is 2.85. The van der Waals surface area contributed by atoms with Crippen LogP contribution in [0.1, 0.15) is 22.3 Å². The molecule has 0 spiro atoms. The molecule has 0 fully saturated rings. The van der Waals surface area contributed by atoms with Gasteiger partial charge in [-0.1, -0.05) is 12.1 Å². The van der Waals surface area contributed by atoms with Crippen LogP contribution in [0.25, 0.3) is 0 Å². The number of hydrogen-bond acceptors (Lipinski definition) is 4. The highest BCUT2D eigenvalue weighted by Gasteiger charge is 2.09. The van der Waals surface area contributed by atoms with Crippen LogP contribution in [-0.2, 0) is 6.42 Å². The molecule has 1 heterocycles. The number of nitrogen functional groups attached to an aromatic ring is 2. The zero-order chi connectivity index (χ0) is 13.0. The van der Waals surface area contributed by atoms with E-state index in [-0.39, 0.29) is 5.78 Å². The Hall–Kier alpha value is -2.36. The average molecular weight is 241 g/mol. The van der Waals surface area contributed by atoms with Gasteiger partial charge in [-0.3, -0.25) is 9.78 Å². The molecule has 1 aromatic carbocycles. The molecule has 0 saturated heterocycles. The molecular weight excluding hydrogens is 226 g/mol. The summed E-state index contributed by atoms with van der Waals surface area (Å²) < 4.78 is 0. The minimum atomic E-state index is 0.00280. The number of rotatable bonds is 4. The number of carbonyl (C=O) groups excluding carboxylic acids is 1. The summed E-state index contributed by atoms with van der Waals surface area (Å²) in [4.78, 5) is 15.9. The minimum Gasteiger partial charge on any atom is -0.399 e. The van der Waals surface area contributed by atoms with Crippen LogP contribution in [0.2, 0.25) is 0 Å². The molecule has 0 aliphatic rings. The predicted molar refractivity (Wildman–Crippen MR) is 72.2 cm³/mol. The molecule has 2 aromatic rings. The fourth-order valence-electron chi connectivity index (χ4n) is 1.78. The number of ketones is 1. The first-order valence-corrected chi connectivity index (χ1v) is 5.74. The van der Waals surface area contributed by atoms with E-state index >= 15 is 0 Å². The maximum atomic E-state index is 12.0. The second-order valence-electron chi connectivity index (χ2n) is 4.13. The fraction of sp³-hybridized carbons (Fsp3) is 0.143. The smallest absolute Gasteiger partial charge is 0.166 e. The van der Waals surface area contributed by atoms with Crippen molar-refractivity contribution >= 4 is 17.2 Å². The third-order valence-electron chi connectivity index (χ3n) is 2.75. The molecule has 4 nitrogen and oxygen atoms in total. The summed E-state index contributed by atoms with van der Waals surface area (Å²) >= 11 is 0. The number of carbonyl (C=O) groups is 1. The summed E-state index contributed by atoms with van der Waals surface area (Å²) in [7, 11) is 0. The van der Waals surface area contributed by atoms with Gasteiger partial charge in [-0.2, -0.15) is 0 Å². The van der Waals surface area contributed by atoms with Gasteiger partial charge in [0, 0.05) is 30.2 Å². The Kier molecular flexibility index (Phi) is 3.57. The van der Waals surface area contributed by atoms with Crippen molar-refractivity contribution in [3.05, 3.63) is 53.9 Å². The van der Waals surface area contributed by atoms with E-state index < -0.39 is 0 Å². The number of nitrogens with two attached hydrogens (primary N) is 2. The number of benzene rings is 1. The van der Waals surface area contributed by atoms with Gasteiger partial charge < -0.3 is 11.5 Å². The van der Waals surface area contributed by atoms with Gasteiger partial charge >= 0.3 is 0 Å². The summed E-state index contributed by atoms with van der Waals surface area (Å²) in [6.45, 7) is 0. The van der Waals surface area contributed by atoms with Crippen molar-refractivity contribution in [2.45, 2.75) is 12.8 Å². The lowest BCUT2D eigenvalue weighted by Gasteiger charge is -2.04. The molecule has 0 aliphatic carbocycles. The second-order valence-corrected chi connectivity index (χ2v) is 4.13. The molecule has 18 heavy (non-hydrogen) atoms. The van der Waals surface area contributed by atoms with Gasteiger partial charge in [-0.25, -0.2) is 0 Å². The third-order valence-corrected chi connectivity index (χ3v) is 2.75. The quantitative estimate of drug-likeness (QED) is 0.634. The van der Waals surface area contributed by atoms with Gasteiger partial charge in [-0.15, -0.1) is 0 Å². The number of hydrogen-bond donors (Lipinski definition) is 2. The maximum Gasteiger partial charge on any atom is 0.166 e. The van der Waals surface area contributed by atoms with Crippen molar-refractivity contribution < 1.29 is 4.79 Å². The van der Waals surface area contributed by atoms with E-state index in [1.54, 1.807) is 12.3 Å². The van der Waals surface area contributed by atoms with Crippen molar-refractivity contribution in [1.82, 2.24) is 4.98 Å². The highest BCUT2D eigenvalue weighted by atomic mass is 16.1. The Morgan fingerprint density at radius 3 is 2.78 bits per heavy atom. The lowest BCUT2D eigenvalue weighted by Crippen LogP contribution is -2.05. The van der Waals surface area contributed by atoms with Crippen molar-refractivity contribution in [1.29, 1.82) is 0 Å². The van der Waals surface area contributed by atoms with Gasteiger partial charge in [0.05, 0.1) is 5.56 Å². The topological polar surface area (TPSA) is 82.0 Å². The zero-order valence-electron chi connectivity index (χ0n) is 9.97. The van der Waals surface area contributed by atoms with Crippen molar-refractivity contribution in [2.24, 2.45) is 0 Å². The monoisotopic (exact) mass is 241 g/mol. The van der Waals surface area contributed by atoms with Crippen LogP contribution in [0.4, 0.5) is 11.4 Å². The molecule has 0 unspecified atom stereocenters. The molecule has 4 N–H and O–H groups in total. The van der Waals surface area contributed by atoms with Crippen LogP contribution >= 0.6 is 0 Å². The summed E-state index contributed by atoms with van der Waals surface area (Å²) in [6, 6.07) is 9.17. The molecule has 0 saturated carbocycles. The van der Waals surface area contributed by atoms with Crippen LogP contribution in [-0.4, -0.2) is 10.8 Å². The first kappa shape index (κ1) is 12.1. The van der Waals surface area contributed by atoms with E-state index in [1.165, 1.54) is 6.20 Å².